The Labute approximate surface area is 161 Å². The standard InChI is InChI=1S/C21H21NO6/c1-25-13-4-6-16-17-7-5-14(10-19(17)28-21(24)18(16)9-13)27-12-20(23)22-11-15-3-2-8-26-15/h4-7,9-10,15H,2-3,8,11-12H2,1H3,(H,22,23). The van der Waals surface area contributed by atoms with E-state index in [1.54, 1.807) is 31.4 Å². The van der Waals surface area contributed by atoms with E-state index in [4.69, 9.17) is 18.6 Å². The Kier molecular flexibility index (Phi) is 5.16. The Morgan fingerprint density at radius 1 is 1.14 bits per heavy atom. The van der Waals surface area contributed by atoms with Crippen molar-refractivity contribution in [2.75, 3.05) is 26.9 Å². The molecule has 7 nitrogen and oxygen atoms in total. The summed E-state index contributed by atoms with van der Waals surface area (Å²) in [7, 11) is 1.55. The van der Waals surface area contributed by atoms with Crippen molar-refractivity contribution in [3.63, 3.8) is 0 Å². The summed E-state index contributed by atoms with van der Waals surface area (Å²) in [5.74, 6) is 0.826. The summed E-state index contributed by atoms with van der Waals surface area (Å²) >= 11 is 0. The predicted octanol–water partition coefficient (Wildman–Crippen LogP) is 2.63. The molecule has 2 aromatic carbocycles. The van der Waals surface area contributed by atoms with Crippen LogP contribution in [-0.2, 0) is 9.53 Å². The summed E-state index contributed by atoms with van der Waals surface area (Å²) in [6.45, 7) is 1.12. The molecule has 1 N–H and O–H groups in total. The molecule has 1 saturated heterocycles. The van der Waals surface area contributed by atoms with Crippen molar-refractivity contribution in [1.29, 1.82) is 0 Å². The van der Waals surface area contributed by atoms with E-state index >= 15 is 0 Å². The molecule has 2 heterocycles. The molecule has 7 heteroatoms. The molecule has 0 saturated carbocycles. The number of benzene rings is 2. The van der Waals surface area contributed by atoms with Gasteiger partial charge >= 0.3 is 5.63 Å². The van der Waals surface area contributed by atoms with Crippen LogP contribution in [0.5, 0.6) is 11.5 Å². The summed E-state index contributed by atoms with van der Waals surface area (Å²) in [5.41, 5.74) is -0.0483. The first-order valence-corrected chi connectivity index (χ1v) is 9.20. The van der Waals surface area contributed by atoms with E-state index in [2.05, 4.69) is 5.32 Å². The highest BCUT2D eigenvalue weighted by molar-refractivity contribution is 6.04. The van der Waals surface area contributed by atoms with Gasteiger partial charge in [0, 0.05) is 30.0 Å². The van der Waals surface area contributed by atoms with Crippen molar-refractivity contribution in [1.82, 2.24) is 5.32 Å². The van der Waals surface area contributed by atoms with Crippen LogP contribution >= 0.6 is 0 Å². The molecule has 1 aromatic heterocycles. The van der Waals surface area contributed by atoms with E-state index in [9.17, 15) is 9.59 Å². The number of methoxy groups -OCH3 is 1. The maximum atomic E-state index is 12.3. The van der Waals surface area contributed by atoms with Crippen LogP contribution in [0.3, 0.4) is 0 Å². The highest BCUT2D eigenvalue weighted by Crippen LogP contribution is 2.28. The lowest BCUT2D eigenvalue weighted by atomic mass is 10.1. The Hall–Kier alpha value is -3.06. The van der Waals surface area contributed by atoms with Gasteiger partial charge in [-0.25, -0.2) is 4.79 Å². The third kappa shape index (κ3) is 3.80. The molecular weight excluding hydrogens is 362 g/mol. The van der Waals surface area contributed by atoms with Gasteiger partial charge in [-0.15, -0.1) is 0 Å². The van der Waals surface area contributed by atoms with Crippen LogP contribution < -0.4 is 20.4 Å². The number of nitrogens with one attached hydrogen (secondary N) is 1. The second-order valence-corrected chi connectivity index (χ2v) is 6.69. The van der Waals surface area contributed by atoms with Crippen molar-refractivity contribution in [3.05, 3.63) is 46.8 Å². The number of ether oxygens (including phenoxy) is 3. The average molecular weight is 383 g/mol. The molecule has 1 atom stereocenters. The monoisotopic (exact) mass is 383 g/mol. The van der Waals surface area contributed by atoms with Gasteiger partial charge in [0.1, 0.15) is 17.1 Å². The van der Waals surface area contributed by atoms with E-state index in [0.29, 0.717) is 29.0 Å². The third-order valence-corrected chi connectivity index (χ3v) is 4.81. The number of carbonyl (C=O) groups excluding carboxylic acids is 1. The molecule has 1 aliphatic heterocycles. The van der Waals surface area contributed by atoms with Gasteiger partial charge in [0.2, 0.25) is 0 Å². The number of hydrogen-bond donors (Lipinski definition) is 1. The molecule has 0 spiro atoms. The molecule has 0 radical (unpaired) electrons. The van der Waals surface area contributed by atoms with Crippen molar-refractivity contribution >= 4 is 27.6 Å². The normalized spacial score (nSPS) is 16.4. The zero-order chi connectivity index (χ0) is 19.5. The minimum absolute atomic E-state index is 0.0887. The highest BCUT2D eigenvalue weighted by Gasteiger charge is 2.16. The summed E-state index contributed by atoms with van der Waals surface area (Å²) < 4.78 is 21.6. The molecule has 0 bridgehead atoms. The number of rotatable bonds is 6. The number of carbonyl (C=O) groups is 1. The molecule has 4 rings (SSSR count). The number of hydrogen-bond acceptors (Lipinski definition) is 6. The Morgan fingerprint density at radius 2 is 1.96 bits per heavy atom. The highest BCUT2D eigenvalue weighted by atomic mass is 16.5. The van der Waals surface area contributed by atoms with E-state index in [0.717, 1.165) is 30.2 Å². The predicted molar refractivity (Wildman–Crippen MR) is 104 cm³/mol. The molecule has 1 amide bonds. The number of amides is 1. The van der Waals surface area contributed by atoms with Gasteiger partial charge in [-0.3, -0.25) is 4.79 Å². The van der Waals surface area contributed by atoms with Crippen molar-refractivity contribution in [3.8, 4) is 11.5 Å². The average Bonchev–Trinajstić information content (AvgIpc) is 3.24. The third-order valence-electron chi connectivity index (χ3n) is 4.81. The summed E-state index contributed by atoms with van der Waals surface area (Å²) in [6, 6.07) is 10.5. The summed E-state index contributed by atoms with van der Waals surface area (Å²) in [4.78, 5) is 24.3. The van der Waals surface area contributed by atoms with Gasteiger partial charge < -0.3 is 23.9 Å². The van der Waals surface area contributed by atoms with Crippen LogP contribution in [0.4, 0.5) is 0 Å². The molecule has 1 fully saturated rings. The number of fused-ring (bicyclic) bond motifs is 3. The SMILES string of the molecule is COc1ccc2c(c1)c(=O)oc1cc(OCC(=O)NCC3CCCO3)ccc12. The van der Waals surface area contributed by atoms with Gasteiger partial charge in [0.05, 0.1) is 18.6 Å². The maximum Gasteiger partial charge on any atom is 0.344 e. The van der Waals surface area contributed by atoms with Crippen molar-refractivity contribution in [2.24, 2.45) is 0 Å². The summed E-state index contributed by atoms with van der Waals surface area (Å²) in [6.07, 6.45) is 2.08. The van der Waals surface area contributed by atoms with Crippen LogP contribution in [-0.4, -0.2) is 38.9 Å². The van der Waals surface area contributed by atoms with Gasteiger partial charge in [-0.1, -0.05) is 0 Å². The van der Waals surface area contributed by atoms with Crippen LogP contribution in [0.15, 0.2) is 45.6 Å². The second kappa shape index (κ2) is 7.90. The van der Waals surface area contributed by atoms with E-state index < -0.39 is 5.63 Å². The molecule has 0 aliphatic carbocycles. The lowest BCUT2D eigenvalue weighted by Gasteiger charge is -2.11. The smallest absolute Gasteiger partial charge is 0.344 e. The molecular formula is C21H21NO6. The Morgan fingerprint density at radius 3 is 2.75 bits per heavy atom. The van der Waals surface area contributed by atoms with Gasteiger partial charge in [-0.2, -0.15) is 0 Å². The lowest BCUT2D eigenvalue weighted by Crippen LogP contribution is -2.35. The van der Waals surface area contributed by atoms with Gasteiger partial charge in [-0.05, 0) is 43.2 Å². The quantitative estimate of drug-likeness (QED) is 0.520. The van der Waals surface area contributed by atoms with E-state index in [1.807, 2.05) is 12.1 Å². The molecule has 3 aromatic rings. The summed E-state index contributed by atoms with van der Waals surface area (Å²) in [5, 5.41) is 4.81. The van der Waals surface area contributed by atoms with Crippen molar-refractivity contribution < 1.29 is 23.4 Å². The molecule has 1 aliphatic rings. The molecule has 1 unspecified atom stereocenters. The Bertz CT molecular complexity index is 1070. The maximum absolute atomic E-state index is 12.3. The first kappa shape index (κ1) is 18.3. The van der Waals surface area contributed by atoms with Crippen LogP contribution in [0.2, 0.25) is 0 Å². The fourth-order valence-electron chi connectivity index (χ4n) is 3.34. The topological polar surface area (TPSA) is 87.0 Å². The molecule has 146 valence electrons. The fraction of sp³-hybridized carbons (Fsp3) is 0.333. The van der Waals surface area contributed by atoms with Crippen molar-refractivity contribution in [2.45, 2.75) is 18.9 Å². The first-order valence-electron chi connectivity index (χ1n) is 9.20. The van der Waals surface area contributed by atoms with E-state index in [1.165, 1.54) is 0 Å². The molecule has 28 heavy (non-hydrogen) atoms. The minimum atomic E-state index is -0.451. The van der Waals surface area contributed by atoms with Gasteiger partial charge in [0.15, 0.2) is 6.61 Å². The lowest BCUT2D eigenvalue weighted by molar-refractivity contribution is -0.123. The van der Waals surface area contributed by atoms with E-state index in [-0.39, 0.29) is 18.6 Å². The van der Waals surface area contributed by atoms with Crippen LogP contribution in [0, 0.1) is 0 Å². The zero-order valence-electron chi connectivity index (χ0n) is 15.5. The first-order chi connectivity index (χ1) is 13.6. The van der Waals surface area contributed by atoms with Crippen LogP contribution in [0.1, 0.15) is 12.8 Å². The fourth-order valence-corrected chi connectivity index (χ4v) is 3.34. The Balaban J connectivity index is 1.49. The zero-order valence-corrected chi connectivity index (χ0v) is 15.5. The minimum Gasteiger partial charge on any atom is -0.497 e. The second-order valence-electron chi connectivity index (χ2n) is 6.69. The largest absolute Gasteiger partial charge is 0.497 e. The van der Waals surface area contributed by atoms with Gasteiger partial charge in [0.25, 0.3) is 5.91 Å². The van der Waals surface area contributed by atoms with Crippen LogP contribution in [0.25, 0.3) is 21.7 Å².